The van der Waals surface area contributed by atoms with Gasteiger partial charge in [0.25, 0.3) is 0 Å². The first-order chi connectivity index (χ1) is 6.79. The van der Waals surface area contributed by atoms with Gasteiger partial charge in [0, 0.05) is 0 Å². The van der Waals surface area contributed by atoms with Crippen LogP contribution in [0.3, 0.4) is 0 Å². The molecular weight excluding hydrogens is 258 g/mol. The molecule has 2 nitrogen and oxygen atoms in total. The molecule has 0 unspecified atom stereocenters. The predicted molar refractivity (Wildman–Crippen MR) is 61.5 cm³/mol. The lowest BCUT2D eigenvalue weighted by atomic mass is 10.6. The average Bonchev–Trinajstić information content (AvgIpc) is 2.76. The summed E-state index contributed by atoms with van der Waals surface area (Å²) in [6.07, 6.45) is 0. The Labute approximate surface area is 98.6 Å². The molecule has 0 saturated carbocycles. The van der Waals surface area contributed by atoms with Crippen molar-refractivity contribution in [1.82, 2.24) is 4.98 Å². The molecule has 0 fully saturated rings. The topological polar surface area (TPSA) is 33.1 Å². The summed E-state index contributed by atoms with van der Waals surface area (Å²) in [6.45, 7) is -0.0402. The molecule has 1 N–H and O–H groups in total. The van der Waals surface area contributed by atoms with Crippen LogP contribution >= 0.6 is 46.0 Å². The van der Waals surface area contributed by atoms with Crippen LogP contribution in [0.4, 0.5) is 0 Å². The van der Waals surface area contributed by atoms with E-state index in [-0.39, 0.29) is 6.61 Å². The second-order valence-electron chi connectivity index (χ2n) is 2.39. The van der Waals surface area contributed by atoms with Crippen molar-refractivity contribution in [2.24, 2.45) is 0 Å². The number of nitrogens with zero attached hydrogens (tertiary/aromatic N) is 1. The number of hydrogen-bond acceptors (Lipinski definition) is 5. The molecule has 2 aromatic rings. The Morgan fingerprint density at radius 2 is 2.43 bits per heavy atom. The first kappa shape index (κ1) is 10.4. The number of thiophene rings is 1. The third-order valence-corrected chi connectivity index (χ3v) is 5.02. The summed E-state index contributed by atoms with van der Waals surface area (Å²) >= 11 is 10.5. The molecule has 0 aliphatic heterocycles. The van der Waals surface area contributed by atoms with Crippen molar-refractivity contribution in [3.8, 4) is 0 Å². The van der Waals surface area contributed by atoms with Gasteiger partial charge in [0.1, 0.15) is 5.15 Å². The van der Waals surface area contributed by atoms with Crippen molar-refractivity contribution >= 4 is 46.0 Å². The van der Waals surface area contributed by atoms with Crippen LogP contribution in [0.1, 0.15) is 4.88 Å². The average molecular weight is 264 g/mol. The fourth-order valence-electron chi connectivity index (χ4n) is 0.862. The van der Waals surface area contributed by atoms with Gasteiger partial charge >= 0.3 is 0 Å². The van der Waals surface area contributed by atoms with E-state index in [1.165, 1.54) is 15.5 Å². The van der Waals surface area contributed by atoms with Crippen LogP contribution in [-0.2, 0) is 6.61 Å². The number of aliphatic hydroxyl groups is 1. The van der Waals surface area contributed by atoms with Gasteiger partial charge in [-0.15, -0.1) is 22.7 Å². The monoisotopic (exact) mass is 263 g/mol. The maximum atomic E-state index is 8.94. The molecule has 0 aliphatic carbocycles. The van der Waals surface area contributed by atoms with Gasteiger partial charge in [-0.05, 0) is 23.2 Å². The zero-order valence-corrected chi connectivity index (χ0v) is 10.1. The SMILES string of the molecule is OCc1sc(Sc2cccs2)nc1Cl. The van der Waals surface area contributed by atoms with Crippen molar-refractivity contribution in [3.05, 3.63) is 27.5 Å². The van der Waals surface area contributed by atoms with Crippen LogP contribution in [0.5, 0.6) is 0 Å². The van der Waals surface area contributed by atoms with E-state index in [1.807, 2.05) is 17.5 Å². The van der Waals surface area contributed by atoms with Crippen LogP contribution in [-0.4, -0.2) is 10.1 Å². The minimum Gasteiger partial charge on any atom is -0.391 e. The number of aliphatic hydroxyl groups excluding tert-OH is 1. The molecule has 74 valence electrons. The molecule has 2 aromatic heterocycles. The van der Waals surface area contributed by atoms with Gasteiger partial charge in [-0.1, -0.05) is 17.7 Å². The van der Waals surface area contributed by atoms with Crippen LogP contribution in [0, 0.1) is 0 Å². The summed E-state index contributed by atoms with van der Waals surface area (Å²) in [5.74, 6) is 0. The molecule has 0 saturated heterocycles. The molecule has 0 spiro atoms. The molecule has 2 heterocycles. The maximum Gasteiger partial charge on any atom is 0.157 e. The Kier molecular flexibility index (Phi) is 3.46. The lowest BCUT2D eigenvalue weighted by Gasteiger charge is -1.88. The molecule has 0 aliphatic rings. The van der Waals surface area contributed by atoms with Gasteiger partial charge in [-0.2, -0.15) is 0 Å². The third-order valence-electron chi connectivity index (χ3n) is 1.46. The largest absolute Gasteiger partial charge is 0.391 e. The predicted octanol–water partition coefficient (Wildman–Crippen LogP) is 3.50. The first-order valence-electron chi connectivity index (χ1n) is 3.77. The summed E-state index contributed by atoms with van der Waals surface area (Å²) < 4.78 is 2.06. The van der Waals surface area contributed by atoms with Crippen molar-refractivity contribution < 1.29 is 5.11 Å². The van der Waals surface area contributed by atoms with Crippen molar-refractivity contribution in [3.63, 3.8) is 0 Å². The second-order valence-corrected chi connectivity index (χ2v) is 6.32. The van der Waals surface area contributed by atoms with Gasteiger partial charge in [-0.3, -0.25) is 0 Å². The van der Waals surface area contributed by atoms with Gasteiger partial charge in [0.15, 0.2) is 4.34 Å². The van der Waals surface area contributed by atoms with E-state index in [2.05, 4.69) is 4.98 Å². The number of thiazole rings is 1. The van der Waals surface area contributed by atoms with E-state index >= 15 is 0 Å². The van der Waals surface area contributed by atoms with E-state index in [9.17, 15) is 0 Å². The third kappa shape index (κ3) is 2.29. The molecule has 0 aromatic carbocycles. The fraction of sp³-hybridized carbons (Fsp3) is 0.125. The highest BCUT2D eigenvalue weighted by molar-refractivity contribution is 8.02. The van der Waals surface area contributed by atoms with Crippen molar-refractivity contribution in [2.75, 3.05) is 0 Å². The first-order valence-corrected chi connectivity index (χ1v) is 6.66. The van der Waals surface area contributed by atoms with Crippen LogP contribution in [0.25, 0.3) is 0 Å². The van der Waals surface area contributed by atoms with E-state index in [1.54, 1.807) is 23.1 Å². The van der Waals surface area contributed by atoms with Gasteiger partial charge in [-0.25, -0.2) is 4.98 Å². The number of rotatable bonds is 3. The lowest BCUT2D eigenvalue weighted by molar-refractivity contribution is 0.285. The van der Waals surface area contributed by atoms with Crippen LogP contribution in [0.2, 0.25) is 5.15 Å². The van der Waals surface area contributed by atoms with Crippen molar-refractivity contribution in [2.45, 2.75) is 15.2 Å². The number of halogens is 1. The van der Waals surface area contributed by atoms with Gasteiger partial charge < -0.3 is 5.11 Å². The Morgan fingerprint density at radius 1 is 1.57 bits per heavy atom. The van der Waals surface area contributed by atoms with E-state index in [0.29, 0.717) is 5.15 Å². The lowest BCUT2D eigenvalue weighted by Crippen LogP contribution is -1.75. The Balaban J connectivity index is 2.17. The number of aromatic nitrogens is 1. The molecule has 2 rings (SSSR count). The number of hydrogen-bond donors (Lipinski definition) is 1. The Bertz CT molecular complexity index is 412. The summed E-state index contributed by atoms with van der Waals surface area (Å²) in [5.41, 5.74) is 0. The van der Waals surface area contributed by atoms with E-state index in [4.69, 9.17) is 16.7 Å². The van der Waals surface area contributed by atoms with Crippen LogP contribution < -0.4 is 0 Å². The molecule has 0 amide bonds. The summed E-state index contributed by atoms with van der Waals surface area (Å²) in [4.78, 5) is 4.88. The zero-order chi connectivity index (χ0) is 9.97. The summed E-state index contributed by atoms with van der Waals surface area (Å²) in [6, 6.07) is 4.03. The molecule has 0 atom stereocenters. The van der Waals surface area contributed by atoms with Crippen molar-refractivity contribution in [1.29, 1.82) is 0 Å². The molecule has 6 heteroatoms. The molecule has 14 heavy (non-hydrogen) atoms. The highest BCUT2D eigenvalue weighted by atomic mass is 35.5. The molecular formula is C8H6ClNOS3. The van der Waals surface area contributed by atoms with Gasteiger partial charge in [0.2, 0.25) is 0 Å². The van der Waals surface area contributed by atoms with Gasteiger partial charge in [0.05, 0.1) is 15.7 Å². The smallest absolute Gasteiger partial charge is 0.157 e. The highest BCUT2D eigenvalue weighted by Gasteiger charge is 2.09. The normalized spacial score (nSPS) is 10.7. The van der Waals surface area contributed by atoms with E-state index < -0.39 is 0 Å². The minimum atomic E-state index is -0.0402. The standard InChI is InChI=1S/C8H6ClNOS3/c9-7-5(4-11)13-8(10-7)14-6-2-1-3-12-6/h1-3,11H,4H2. The molecule has 0 radical (unpaired) electrons. The quantitative estimate of drug-likeness (QED) is 0.920. The Hall–Kier alpha value is -0.0700. The maximum absolute atomic E-state index is 8.94. The summed E-state index contributed by atoms with van der Waals surface area (Å²) in [5, 5.41) is 11.4. The highest BCUT2D eigenvalue weighted by Crippen LogP contribution is 2.36. The zero-order valence-electron chi connectivity index (χ0n) is 6.94. The Morgan fingerprint density at radius 3 is 3.00 bits per heavy atom. The van der Waals surface area contributed by atoms with E-state index in [0.717, 1.165) is 9.22 Å². The fourth-order valence-corrected chi connectivity index (χ4v) is 4.16. The molecule has 0 bridgehead atoms. The minimum absolute atomic E-state index is 0.0402. The second kappa shape index (κ2) is 4.63. The van der Waals surface area contributed by atoms with Crippen LogP contribution in [0.15, 0.2) is 26.1 Å². The summed E-state index contributed by atoms with van der Waals surface area (Å²) in [7, 11) is 0.